The summed E-state index contributed by atoms with van der Waals surface area (Å²) in [4.78, 5) is 8.64. The fourth-order valence-electron chi connectivity index (χ4n) is 2.82. The Labute approximate surface area is 185 Å². The van der Waals surface area contributed by atoms with E-state index in [0.717, 1.165) is 29.6 Å². The van der Waals surface area contributed by atoms with Crippen LogP contribution >= 0.6 is 0 Å². The Bertz CT molecular complexity index is 1170. The Morgan fingerprint density at radius 3 is 2.47 bits per heavy atom. The molecular weight excluding hydrogens is 440 g/mol. The average Bonchev–Trinajstić information content (AvgIpc) is 2.74. The topological polar surface area (TPSA) is 105 Å². The van der Waals surface area contributed by atoms with E-state index >= 15 is 0 Å². The second kappa shape index (κ2) is 10.3. The molecule has 0 atom stereocenters. The van der Waals surface area contributed by atoms with Gasteiger partial charge in [0, 0.05) is 36.1 Å². The maximum Gasteiger partial charge on any atom is 0.224 e. The quantitative estimate of drug-likeness (QED) is 0.396. The first-order valence-electron chi connectivity index (χ1n) is 9.66. The van der Waals surface area contributed by atoms with Gasteiger partial charge in [0.1, 0.15) is 23.2 Å². The molecule has 0 aliphatic rings. The number of hydrogen-bond acceptors (Lipinski definition) is 7. The lowest BCUT2D eigenvalue weighted by atomic mass is 10.2. The van der Waals surface area contributed by atoms with Crippen LogP contribution in [0.3, 0.4) is 0 Å². The number of aromatic nitrogens is 2. The van der Waals surface area contributed by atoms with Gasteiger partial charge in [0.05, 0.1) is 12.9 Å². The van der Waals surface area contributed by atoms with E-state index in [0.29, 0.717) is 17.5 Å². The molecule has 0 bridgehead atoms. The molecule has 0 aliphatic heterocycles. The molecule has 3 N–H and O–H groups in total. The van der Waals surface area contributed by atoms with Crippen LogP contribution in [0, 0.1) is 18.6 Å². The molecule has 0 unspecified atom stereocenters. The molecule has 1 heterocycles. The summed E-state index contributed by atoms with van der Waals surface area (Å²) in [6.07, 6.45) is 0. The van der Waals surface area contributed by atoms with Gasteiger partial charge in [-0.15, -0.1) is 0 Å². The first kappa shape index (κ1) is 23.4. The van der Waals surface area contributed by atoms with Crippen molar-refractivity contribution in [2.45, 2.75) is 12.7 Å². The molecule has 0 aliphatic carbocycles. The number of ether oxygens (including phenoxy) is 1. The normalized spacial score (nSPS) is 11.2. The number of aryl methyl sites for hydroxylation is 1. The van der Waals surface area contributed by atoms with Crippen LogP contribution in [0.5, 0.6) is 5.75 Å². The standard InChI is InChI=1S/C21H23F2N5O3S/c1-14-11-20(27-17-4-6-18(31-2)7-5-17)28-21(26-14)24-9-10-25-32(29,30)13-15-12-16(22)3-8-19(15)23/h3-8,11-12,25H,9-10,13H2,1-2H3,(H2,24,26,27,28). The van der Waals surface area contributed by atoms with Crippen LogP contribution in [0.15, 0.2) is 48.5 Å². The van der Waals surface area contributed by atoms with Gasteiger partial charge in [-0.25, -0.2) is 26.9 Å². The molecule has 170 valence electrons. The minimum atomic E-state index is -3.85. The number of rotatable bonds is 10. The Morgan fingerprint density at radius 1 is 1.00 bits per heavy atom. The monoisotopic (exact) mass is 463 g/mol. The Balaban J connectivity index is 1.54. The Hall–Kier alpha value is -3.31. The number of methoxy groups -OCH3 is 1. The van der Waals surface area contributed by atoms with Gasteiger partial charge in [0.25, 0.3) is 0 Å². The second-order valence-corrected chi connectivity index (χ2v) is 8.69. The predicted molar refractivity (Wildman–Crippen MR) is 119 cm³/mol. The summed E-state index contributed by atoms with van der Waals surface area (Å²) >= 11 is 0. The number of halogens is 2. The number of benzene rings is 2. The summed E-state index contributed by atoms with van der Waals surface area (Å²) in [5.74, 6) is -0.523. The molecule has 8 nitrogen and oxygen atoms in total. The first-order chi connectivity index (χ1) is 15.2. The number of anilines is 3. The summed E-state index contributed by atoms with van der Waals surface area (Å²) in [6, 6.07) is 11.8. The summed E-state index contributed by atoms with van der Waals surface area (Å²) < 4.78 is 58.7. The molecule has 0 saturated carbocycles. The maximum atomic E-state index is 13.7. The van der Waals surface area contributed by atoms with Crippen molar-refractivity contribution in [1.82, 2.24) is 14.7 Å². The van der Waals surface area contributed by atoms with Gasteiger partial charge in [-0.3, -0.25) is 0 Å². The third kappa shape index (κ3) is 6.86. The lowest BCUT2D eigenvalue weighted by Crippen LogP contribution is -2.30. The van der Waals surface area contributed by atoms with E-state index in [4.69, 9.17) is 4.74 Å². The summed E-state index contributed by atoms with van der Waals surface area (Å²) in [7, 11) is -2.26. The SMILES string of the molecule is COc1ccc(Nc2cc(C)nc(NCCNS(=O)(=O)Cc3cc(F)ccc3F)n2)cc1. The van der Waals surface area contributed by atoms with E-state index in [1.807, 2.05) is 31.2 Å². The van der Waals surface area contributed by atoms with Crippen LogP contribution in [0.1, 0.15) is 11.3 Å². The Kier molecular flexibility index (Phi) is 7.54. The fourth-order valence-corrected chi connectivity index (χ4v) is 3.97. The average molecular weight is 464 g/mol. The van der Waals surface area contributed by atoms with E-state index in [-0.39, 0.29) is 18.7 Å². The second-order valence-electron chi connectivity index (χ2n) is 6.89. The van der Waals surface area contributed by atoms with Crippen molar-refractivity contribution in [3.8, 4) is 5.75 Å². The van der Waals surface area contributed by atoms with Crippen molar-refractivity contribution >= 4 is 27.5 Å². The predicted octanol–water partition coefficient (Wildman–Crippen LogP) is 3.35. The molecule has 0 amide bonds. The van der Waals surface area contributed by atoms with Gasteiger partial charge in [-0.05, 0) is 49.4 Å². The van der Waals surface area contributed by atoms with E-state index in [1.54, 1.807) is 13.2 Å². The van der Waals surface area contributed by atoms with Gasteiger partial charge in [0.2, 0.25) is 16.0 Å². The third-order valence-electron chi connectivity index (χ3n) is 4.30. The maximum absolute atomic E-state index is 13.7. The molecule has 0 spiro atoms. The molecule has 11 heteroatoms. The smallest absolute Gasteiger partial charge is 0.224 e. The summed E-state index contributed by atoms with van der Waals surface area (Å²) in [6.45, 7) is 2.01. The van der Waals surface area contributed by atoms with E-state index in [2.05, 4.69) is 25.3 Å². The number of hydrogen-bond donors (Lipinski definition) is 3. The molecule has 2 aromatic carbocycles. The van der Waals surface area contributed by atoms with Gasteiger partial charge >= 0.3 is 0 Å². The van der Waals surface area contributed by atoms with Crippen molar-refractivity contribution in [3.05, 3.63) is 71.4 Å². The van der Waals surface area contributed by atoms with Crippen molar-refractivity contribution in [2.24, 2.45) is 0 Å². The zero-order valence-electron chi connectivity index (χ0n) is 17.5. The third-order valence-corrected chi connectivity index (χ3v) is 5.64. The van der Waals surface area contributed by atoms with Crippen molar-refractivity contribution in [2.75, 3.05) is 30.8 Å². The van der Waals surface area contributed by atoms with Gasteiger partial charge < -0.3 is 15.4 Å². The Morgan fingerprint density at radius 2 is 1.75 bits per heavy atom. The molecule has 32 heavy (non-hydrogen) atoms. The van der Waals surface area contributed by atoms with Crippen LogP contribution in [-0.2, 0) is 15.8 Å². The number of sulfonamides is 1. The lowest BCUT2D eigenvalue weighted by Gasteiger charge is -2.11. The highest BCUT2D eigenvalue weighted by atomic mass is 32.2. The highest BCUT2D eigenvalue weighted by molar-refractivity contribution is 7.88. The van der Waals surface area contributed by atoms with E-state index in [9.17, 15) is 17.2 Å². The zero-order chi connectivity index (χ0) is 23.1. The van der Waals surface area contributed by atoms with Gasteiger partial charge in [-0.1, -0.05) is 0 Å². The van der Waals surface area contributed by atoms with Crippen molar-refractivity contribution in [1.29, 1.82) is 0 Å². The van der Waals surface area contributed by atoms with Crippen molar-refractivity contribution in [3.63, 3.8) is 0 Å². The minimum Gasteiger partial charge on any atom is -0.497 e. The van der Waals surface area contributed by atoms with Crippen LogP contribution in [0.2, 0.25) is 0 Å². The number of nitrogens with zero attached hydrogens (tertiary/aromatic N) is 2. The van der Waals surface area contributed by atoms with E-state index in [1.165, 1.54) is 0 Å². The first-order valence-corrected chi connectivity index (χ1v) is 11.3. The zero-order valence-corrected chi connectivity index (χ0v) is 18.3. The minimum absolute atomic E-state index is 0.0117. The number of nitrogens with one attached hydrogen (secondary N) is 3. The molecule has 0 radical (unpaired) electrons. The van der Waals surface area contributed by atoms with Crippen LogP contribution in [0.25, 0.3) is 0 Å². The highest BCUT2D eigenvalue weighted by Crippen LogP contribution is 2.20. The largest absolute Gasteiger partial charge is 0.497 e. The molecule has 3 aromatic rings. The van der Waals surface area contributed by atoms with Gasteiger partial charge in [-0.2, -0.15) is 4.98 Å². The highest BCUT2D eigenvalue weighted by Gasteiger charge is 2.15. The summed E-state index contributed by atoms with van der Waals surface area (Å²) in [5.41, 5.74) is 1.29. The van der Waals surface area contributed by atoms with Crippen LogP contribution in [0.4, 0.5) is 26.2 Å². The van der Waals surface area contributed by atoms with Crippen molar-refractivity contribution < 1.29 is 21.9 Å². The molecule has 0 saturated heterocycles. The van der Waals surface area contributed by atoms with E-state index < -0.39 is 27.4 Å². The fraction of sp³-hybridized carbons (Fsp3) is 0.238. The molecule has 3 rings (SSSR count). The molecule has 0 fully saturated rings. The molecule has 1 aromatic heterocycles. The van der Waals surface area contributed by atoms with Gasteiger partial charge in [0.15, 0.2) is 0 Å². The summed E-state index contributed by atoms with van der Waals surface area (Å²) in [5, 5.41) is 6.11. The van der Waals surface area contributed by atoms with Crippen LogP contribution in [-0.4, -0.2) is 38.6 Å². The van der Waals surface area contributed by atoms with Crippen LogP contribution < -0.4 is 20.1 Å². The molecular formula is C21H23F2N5O3S. The lowest BCUT2D eigenvalue weighted by molar-refractivity contribution is 0.415.